The smallest absolute Gasteiger partial charge is 0.338 e. The Balaban J connectivity index is 0.000000369. The molecule has 0 radical (unpaired) electrons. The molecule has 5 nitrogen and oxygen atoms in total. The molecule has 0 saturated carbocycles. The van der Waals surface area contributed by atoms with Gasteiger partial charge in [-0.15, -0.1) is 0 Å². The van der Waals surface area contributed by atoms with E-state index in [2.05, 4.69) is 0 Å². The number of carbonyl (C=O) groups is 1. The van der Waals surface area contributed by atoms with Crippen LogP contribution in [0.5, 0.6) is 11.5 Å². The fourth-order valence-corrected chi connectivity index (χ4v) is 2.14. The number of carbonyl (C=O) groups excluding carboxylic acids is 1. The number of phenols is 2. The molecule has 1 heterocycles. The quantitative estimate of drug-likeness (QED) is 0.648. The predicted octanol–water partition coefficient (Wildman–Crippen LogP) is 3.00. The molecule has 118 valence electrons. The summed E-state index contributed by atoms with van der Waals surface area (Å²) >= 11 is 0. The van der Waals surface area contributed by atoms with Crippen LogP contribution in [0.15, 0.2) is 0 Å². The molecule has 0 aromatic heterocycles. The molecule has 1 aliphatic rings. The van der Waals surface area contributed by atoms with E-state index in [1.54, 1.807) is 27.7 Å². The molecule has 1 saturated heterocycles. The number of hydrogen-bond acceptors (Lipinski definition) is 5. The van der Waals surface area contributed by atoms with Gasteiger partial charge in [-0.3, -0.25) is 0 Å². The van der Waals surface area contributed by atoms with Crippen LogP contribution in [-0.4, -0.2) is 36.0 Å². The first-order chi connectivity index (χ1) is 9.91. The average Bonchev–Trinajstić information content (AvgIpc) is 3.03. The van der Waals surface area contributed by atoms with Gasteiger partial charge in [0.2, 0.25) is 0 Å². The second-order valence-corrected chi connectivity index (χ2v) is 4.99. The molecule has 1 aliphatic heterocycles. The van der Waals surface area contributed by atoms with E-state index in [4.69, 9.17) is 9.47 Å². The Labute approximate surface area is 125 Å². The van der Waals surface area contributed by atoms with E-state index in [-0.39, 0.29) is 18.1 Å². The van der Waals surface area contributed by atoms with E-state index in [0.717, 1.165) is 13.2 Å². The van der Waals surface area contributed by atoms with Crippen molar-refractivity contribution in [2.75, 3.05) is 19.8 Å². The number of hydrogen-bond donors (Lipinski definition) is 2. The first kappa shape index (κ1) is 17.3. The number of esters is 1. The van der Waals surface area contributed by atoms with E-state index < -0.39 is 5.97 Å². The Morgan fingerprint density at radius 3 is 2.00 bits per heavy atom. The summed E-state index contributed by atoms with van der Waals surface area (Å²) in [7, 11) is 0. The lowest BCUT2D eigenvalue weighted by molar-refractivity contribution is 0.0524. The third kappa shape index (κ3) is 4.11. The largest absolute Gasteiger partial charge is 0.504 e. The summed E-state index contributed by atoms with van der Waals surface area (Å²) in [4.78, 5) is 11.7. The van der Waals surface area contributed by atoms with Gasteiger partial charge >= 0.3 is 5.97 Å². The SMILES string of the molecule is C1CCOC1.CCOC(=O)c1c(C)c(C)c(O)c(O)c1C. The lowest BCUT2D eigenvalue weighted by Gasteiger charge is -2.14. The Morgan fingerprint density at radius 2 is 1.57 bits per heavy atom. The second-order valence-electron chi connectivity index (χ2n) is 4.99. The summed E-state index contributed by atoms with van der Waals surface area (Å²) in [5, 5.41) is 19.3. The number of aromatic hydroxyl groups is 2. The third-order valence-electron chi connectivity index (χ3n) is 3.55. The van der Waals surface area contributed by atoms with Crippen molar-refractivity contribution >= 4 is 5.97 Å². The zero-order valence-corrected chi connectivity index (χ0v) is 13.2. The van der Waals surface area contributed by atoms with Crippen molar-refractivity contribution in [3.63, 3.8) is 0 Å². The Kier molecular flexibility index (Phi) is 6.49. The van der Waals surface area contributed by atoms with Crippen LogP contribution < -0.4 is 0 Å². The monoisotopic (exact) mass is 296 g/mol. The van der Waals surface area contributed by atoms with Crippen LogP contribution in [-0.2, 0) is 9.47 Å². The van der Waals surface area contributed by atoms with E-state index in [1.807, 2.05) is 0 Å². The predicted molar refractivity (Wildman–Crippen MR) is 80.0 cm³/mol. The first-order valence-corrected chi connectivity index (χ1v) is 7.18. The van der Waals surface area contributed by atoms with Crippen molar-refractivity contribution < 1.29 is 24.5 Å². The van der Waals surface area contributed by atoms with Crippen molar-refractivity contribution in [1.29, 1.82) is 0 Å². The lowest BCUT2D eigenvalue weighted by Crippen LogP contribution is -2.10. The van der Waals surface area contributed by atoms with Crippen LogP contribution in [0, 0.1) is 20.8 Å². The third-order valence-corrected chi connectivity index (χ3v) is 3.55. The van der Waals surface area contributed by atoms with Gasteiger partial charge in [0, 0.05) is 18.8 Å². The Hall–Kier alpha value is -1.75. The molecule has 21 heavy (non-hydrogen) atoms. The van der Waals surface area contributed by atoms with Crippen molar-refractivity contribution in [3.8, 4) is 11.5 Å². The topological polar surface area (TPSA) is 76.0 Å². The van der Waals surface area contributed by atoms with Gasteiger partial charge in [0.05, 0.1) is 12.2 Å². The molecular formula is C16H24O5. The highest BCUT2D eigenvalue weighted by atomic mass is 16.5. The van der Waals surface area contributed by atoms with Gasteiger partial charge in [-0.1, -0.05) is 0 Å². The summed E-state index contributed by atoms with van der Waals surface area (Å²) < 4.78 is 9.85. The van der Waals surface area contributed by atoms with Gasteiger partial charge in [0.25, 0.3) is 0 Å². The zero-order valence-electron chi connectivity index (χ0n) is 13.2. The van der Waals surface area contributed by atoms with Gasteiger partial charge in [-0.25, -0.2) is 4.79 Å². The average molecular weight is 296 g/mol. The molecule has 1 fully saturated rings. The lowest BCUT2D eigenvalue weighted by atomic mass is 9.96. The molecule has 0 spiro atoms. The molecule has 0 atom stereocenters. The van der Waals surface area contributed by atoms with Crippen LogP contribution in [0.1, 0.15) is 46.8 Å². The van der Waals surface area contributed by atoms with E-state index in [1.165, 1.54) is 12.8 Å². The van der Waals surface area contributed by atoms with Crippen molar-refractivity contribution in [1.82, 2.24) is 0 Å². The number of benzene rings is 1. The molecule has 0 aliphatic carbocycles. The molecule has 0 bridgehead atoms. The van der Waals surface area contributed by atoms with Crippen molar-refractivity contribution in [2.45, 2.75) is 40.5 Å². The molecule has 0 amide bonds. The number of phenolic OH excluding ortho intramolecular Hbond substituents is 2. The summed E-state index contributed by atoms with van der Waals surface area (Å²) in [6.45, 7) is 8.93. The maximum absolute atomic E-state index is 11.7. The van der Waals surface area contributed by atoms with Gasteiger partial charge in [-0.05, 0) is 51.7 Å². The van der Waals surface area contributed by atoms with E-state index in [9.17, 15) is 15.0 Å². The normalized spacial score (nSPS) is 13.5. The first-order valence-electron chi connectivity index (χ1n) is 7.18. The molecule has 2 N–H and O–H groups in total. The molecular weight excluding hydrogens is 272 g/mol. The fourth-order valence-electron chi connectivity index (χ4n) is 2.14. The highest BCUT2D eigenvalue weighted by Crippen LogP contribution is 2.37. The molecule has 1 aromatic rings. The number of ether oxygens (including phenoxy) is 2. The standard InChI is InChI=1S/C12H16O4.C4H8O/c1-5-16-12(15)9-6(2)7(3)10(13)11(14)8(9)4;1-2-4-5-3-1/h13-14H,5H2,1-4H3;1-4H2. The fraction of sp³-hybridized carbons (Fsp3) is 0.562. The summed E-state index contributed by atoms with van der Waals surface area (Å²) in [6, 6.07) is 0. The van der Waals surface area contributed by atoms with Crippen LogP contribution in [0.25, 0.3) is 0 Å². The second kappa shape index (κ2) is 7.88. The summed E-state index contributed by atoms with van der Waals surface area (Å²) in [5.74, 6) is -0.912. The van der Waals surface area contributed by atoms with Gasteiger partial charge in [0.1, 0.15) is 0 Å². The minimum atomic E-state index is -0.476. The van der Waals surface area contributed by atoms with Crippen molar-refractivity contribution in [2.24, 2.45) is 0 Å². The minimum Gasteiger partial charge on any atom is -0.504 e. The zero-order chi connectivity index (χ0) is 16.0. The van der Waals surface area contributed by atoms with E-state index >= 15 is 0 Å². The van der Waals surface area contributed by atoms with Crippen LogP contribution >= 0.6 is 0 Å². The van der Waals surface area contributed by atoms with Crippen molar-refractivity contribution in [3.05, 3.63) is 22.3 Å². The maximum Gasteiger partial charge on any atom is 0.338 e. The highest BCUT2D eigenvalue weighted by molar-refractivity contribution is 5.94. The summed E-state index contributed by atoms with van der Waals surface area (Å²) in [5.41, 5.74) is 1.80. The maximum atomic E-state index is 11.7. The van der Waals surface area contributed by atoms with Crippen LogP contribution in [0.4, 0.5) is 0 Å². The Morgan fingerprint density at radius 1 is 1.05 bits per heavy atom. The van der Waals surface area contributed by atoms with Gasteiger partial charge in [-0.2, -0.15) is 0 Å². The van der Waals surface area contributed by atoms with Crippen LogP contribution in [0.3, 0.4) is 0 Å². The Bertz CT molecular complexity index is 467. The van der Waals surface area contributed by atoms with Gasteiger partial charge < -0.3 is 19.7 Å². The molecule has 2 rings (SSSR count). The van der Waals surface area contributed by atoms with E-state index in [0.29, 0.717) is 22.3 Å². The minimum absolute atomic E-state index is 0.178. The molecule has 5 heteroatoms. The van der Waals surface area contributed by atoms with Gasteiger partial charge in [0.15, 0.2) is 11.5 Å². The van der Waals surface area contributed by atoms with Crippen LogP contribution in [0.2, 0.25) is 0 Å². The molecule has 0 unspecified atom stereocenters. The number of rotatable bonds is 2. The molecule has 1 aromatic carbocycles. The summed E-state index contributed by atoms with van der Waals surface area (Å²) in [6.07, 6.45) is 2.56. The highest BCUT2D eigenvalue weighted by Gasteiger charge is 2.21.